The van der Waals surface area contributed by atoms with Crippen molar-refractivity contribution >= 4 is 11.8 Å². The van der Waals surface area contributed by atoms with E-state index in [0.717, 1.165) is 23.3 Å². The number of amides is 2. The first kappa shape index (κ1) is 17.9. The van der Waals surface area contributed by atoms with Gasteiger partial charge in [0.05, 0.1) is 19.4 Å². The molecule has 0 unspecified atom stereocenters. The van der Waals surface area contributed by atoms with Gasteiger partial charge in [-0.2, -0.15) is 0 Å². The number of benzene rings is 2. The highest BCUT2D eigenvalue weighted by molar-refractivity contribution is 5.95. The Kier molecular flexibility index (Phi) is 5.10. The molecule has 3 aromatic rings. The summed E-state index contributed by atoms with van der Waals surface area (Å²) in [5.41, 5.74) is 3.05. The van der Waals surface area contributed by atoms with Crippen LogP contribution >= 0.6 is 0 Å². The normalized spacial score (nSPS) is 12.1. The number of nitrogens with one attached hydrogen (secondary N) is 2. The number of ether oxygens (including phenoxy) is 1. The van der Waals surface area contributed by atoms with Crippen LogP contribution < -0.4 is 15.4 Å². The molecule has 1 aliphatic heterocycles. The van der Waals surface area contributed by atoms with Crippen LogP contribution in [0.15, 0.2) is 65.3 Å². The Balaban J connectivity index is 1.35. The lowest BCUT2D eigenvalue weighted by Crippen LogP contribution is -2.24. The maximum absolute atomic E-state index is 12.4. The summed E-state index contributed by atoms with van der Waals surface area (Å²) in [5, 5.41) is 5.71. The van der Waals surface area contributed by atoms with Crippen molar-refractivity contribution in [3.63, 3.8) is 0 Å². The fourth-order valence-corrected chi connectivity index (χ4v) is 3.12. The van der Waals surface area contributed by atoms with E-state index >= 15 is 0 Å². The van der Waals surface area contributed by atoms with E-state index in [1.54, 1.807) is 42.7 Å². The summed E-state index contributed by atoms with van der Waals surface area (Å²) >= 11 is 0. The molecule has 6 heteroatoms. The number of rotatable bonds is 6. The van der Waals surface area contributed by atoms with Crippen molar-refractivity contribution in [3.8, 4) is 5.75 Å². The summed E-state index contributed by atoms with van der Waals surface area (Å²) < 4.78 is 10.7. The van der Waals surface area contributed by atoms with Gasteiger partial charge >= 0.3 is 0 Å². The van der Waals surface area contributed by atoms with Crippen LogP contribution in [0.2, 0.25) is 0 Å². The Morgan fingerprint density at radius 2 is 1.71 bits per heavy atom. The van der Waals surface area contributed by atoms with E-state index in [4.69, 9.17) is 9.15 Å². The maximum Gasteiger partial charge on any atom is 0.251 e. The highest BCUT2D eigenvalue weighted by Crippen LogP contribution is 2.25. The molecule has 142 valence electrons. The standard InChI is InChI=1S/C22H20N2O4/c25-21(24-14-19-5-2-9-27-19)17-4-1-3-15(11-17)13-23-22(26)18-6-7-20-16(12-18)8-10-28-20/h1-7,9,11-12H,8,10,13-14H2,(H,23,26)(H,24,25). The Hall–Kier alpha value is -3.54. The Labute approximate surface area is 162 Å². The van der Waals surface area contributed by atoms with Gasteiger partial charge in [-0.05, 0) is 53.6 Å². The first-order valence-corrected chi connectivity index (χ1v) is 9.12. The van der Waals surface area contributed by atoms with Crippen LogP contribution in [-0.2, 0) is 19.5 Å². The lowest BCUT2D eigenvalue weighted by molar-refractivity contribution is 0.0943. The molecule has 0 radical (unpaired) electrons. The molecule has 0 saturated carbocycles. The Morgan fingerprint density at radius 1 is 0.893 bits per heavy atom. The summed E-state index contributed by atoms with van der Waals surface area (Å²) in [6.45, 7) is 1.33. The fourth-order valence-electron chi connectivity index (χ4n) is 3.12. The van der Waals surface area contributed by atoms with Gasteiger partial charge in [-0.25, -0.2) is 0 Å². The van der Waals surface area contributed by atoms with Crippen LogP contribution in [0.5, 0.6) is 5.75 Å². The van der Waals surface area contributed by atoms with Crippen molar-refractivity contribution in [2.45, 2.75) is 19.5 Å². The van der Waals surface area contributed by atoms with Gasteiger partial charge in [0, 0.05) is 24.1 Å². The fraction of sp³-hybridized carbons (Fsp3) is 0.182. The van der Waals surface area contributed by atoms with Crippen LogP contribution in [0.3, 0.4) is 0 Å². The van der Waals surface area contributed by atoms with Crippen molar-refractivity contribution in [1.82, 2.24) is 10.6 Å². The molecular formula is C22H20N2O4. The van der Waals surface area contributed by atoms with Crippen LogP contribution in [-0.4, -0.2) is 18.4 Å². The smallest absolute Gasteiger partial charge is 0.251 e. The van der Waals surface area contributed by atoms with Crippen molar-refractivity contribution in [1.29, 1.82) is 0 Å². The molecule has 4 rings (SSSR count). The molecular weight excluding hydrogens is 356 g/mol. The Morgan fingerprint density at radius 3 is 2.54 bits per heavy atom. The SMILES string of the molecule is O=C(NCc1cccc(C(=O)NCc2ccco2)c1)c1ccc2c(c1)CCO2. The summed E-state index contributed by atoms with van der Waals surface area (Å²) in [6, 6.07) is 16.2. The van der Waals surface area contributed by atoms with E-state index < -0.39 is 0 Å². The third-order valence-electron chi connectivity index (χ3n) is 4.60. The van der Waals surface area contributed by atoms with E-state index in [9.17, 15) is 9.59 Å². The first-order valence-electron chi connectivity index (χ1n) is 9.12. The van der Waals surface area contributed by atoms with E-state index in [-0.39, 0.29) is 11.8 Å². The monoisotopic (exact) mass is 376 g/mol. The van der Waals surface area contributed by atoms with Gasteiger partial charge in [-0.3, -0.25) is 9.59 Å². The minimum atomic E-state index is -0.191. The van der Waals surface area contributed by atoms with Crippen LogP contribution in [0.1, 0.15) is 37.6 Å². The molecule has 1 aromatic heterocycles. The van der Waals surface area contributed by atoms with Gasteiger partial charge in [0.15, 0.2) is 0 Å². The molecule has 0 fully saturated rings. The number of hydrogen-bond acceptors (Lipinski definition) is 4. The highest BCUT2D eigenvalue weighted by Gasteiger charge is 2.15. The summed E-state index contributed by atoms with van der Waals surface area (Å²) in [5.74, 6) is 1.20. The zero-order chi connectivity index (χ0) is 19.3. The molecule has 2 amide bonds. The lowest BCUT2D eigenvalue weighted by Gasteiger charge is -2.09. The van der Waals surface area contributed by atoms with E-state index in [1.165, 1.54) is 0 Å². The van der Waals surface area contributed by atoms with Crippen molar-refractivity contribution in [2.75, 3.05) is 6.61 Å². The quantitative estimate of drug-likeness (QED) is 0.693. The van der Waals surface area contributed by atoms with Crippen LogP contribution in [0.25, 0.3) is 0 Å². The van der Waals surface area contributed by atoms with E-state index in [1.807, 2.05) is 18.2 Å². The largest absolute Gasteiger partial charge is 0.493 e. The minimum absolute atomic E-state index is 0.151. The second-order valence-corrected chi connectivity index (χ2v) is 6.57. The van der Waals surface area contributed by atoms with Gasteiger partial charge in [0.1, 0.15) is 11.5 Å². The zero-order valence-corrected chi connectivity index (χ0v) is 15.2. The topological polar surface area (TPSA) is 80.6 Å². The molecule has 0 spiro atoms. The third-order valence-corrected chi connectivity index (χ3v) is 4.60. The van der Waals surface area contributed by atoms with Gasteiger partial charge in [0.25, 0.3) is 11.8 Å². The van der Waals surface area contributed by atoms with Crippen molar-refractivity contribution in [2.24, 2.45) is 0 Å². The number of hydrogen-bond donors (Lipinski definition) is 2. The molecule has 0 bridgehead atoms. The lowest BCUT2D eigenvalue weighted by atomic mass is 10.1. The van der Waals surface area contributed by atoms with Gasteiger partial charge in [0.2, 0.25) is 0 Å². The van der Waals surface area contributed by atoms with Crippen LogP contribution in [0.4, 0.5) is 0 Å². The minimum Gasteiger partial charge on any atom is -0.493 e. The average molecular weight is 376 g/mol. The predicted octanol–water partition coefficient (Wildman–Crippen LogP) is 3.07. The van der Waals surface area contributed by atoms with Gasteiger partial charge < -0.3 is 19.8 Å². The molecule has 6 nitrogen and oxygen atoms in total. The summed E-state index contributed by atoms with van der Waals surface area (Å²) in [4.78, 5) is 24.7. The molecule has 28 heavy (non-hydrogen) atoms. The summed E-state index contributed by atoms with van der Waals surface area (Å²) in [6.07, 6.45) is 2.39. The van der Waals surface area contributed by atoms with E-state index in [2.05, 4.69) is 10.6 Å². The maximum atomic E-state index is 12.4. The average Bonchev–Trinajstić information content (AvgIpc) is 3.41. The summed E-state index contributed by atoms with van der Waals surface area (Å²) in [7, 11) is 0. The predicted molar refractivity (Wildman–Crippen MR) is 103 cm³/mol. The second-order valence-electron chi connectivity index (χ2n) is 6.57. The number of fused-ring (bicyclic) bond motifs is 1. The molecule has 2 N–H and O–H groups in total. The van der Waals surface area contributed by atoms with Gasteiger partial charge in [-0.1, -0.05) is 12.1 Å². The number of furan rings is 1. The number of carbonyl (C=O) groups excluding carboxylic acids is 2. The molecule has 2 aromatic carbocycles. The second kappa shape index (κ2) is 8.00. The highest BCUT2D eigenvalue weighted by atomic mass is 16.5. The molecule has 0 aliphatic carbocycles. The zero-order valence-electron chi connectivity index (χ0n) is 15.2. The molecule has 0 atom stereocenters. The number of carbonyl (C=O) groups is 2. The van der Waals surface area contributed by atoms with Crippen LogP contribution in [0, 0.1) is 0 Å². The van der Waals surface area contributed by atoms with Gasteiger partial charge in [-0.15, -0.1) is 0 Å². The van der Waals surface area contributed by atoms with E-state index in [0.29, 0.717) is 36.6 Å². The molecule has 2 heterocycles. The van der Waals surface area contributed by atoms with Crippen molar-refractivity contribution in [3.05, 3.63) is 88.9 Å². The third kappa shape index (κ3) is 4.06. The molecule has 1 aliphatic rings. The Bertz CT molecular complexity index is 996. The first-order chi connectivity index (χ1) is 13.7. The van der Waals surface area contributed by atoms with Crippen molar-refractivity contribution < 1.29 is 18.7 Å². The molecule has 0 saturated heterocycles.